The number of carbonyl (C=O) groups excluding carboxylic acids is 2. The molecule has 31 heavy (non-hydrogen) atoms. The van der Waals surface area contributed by atoms with E-state index in [1.165, 1.54) is 5.56 Å². The summed E-state index contributed by atoms with van der Waals surface area (Å²) in [5.41, 5.74) is 2.30. The van der Waals surface area contributed by atoms with Gasteiger partial charge in [-0.15, -0.1) is 0 Å². The van der Waals surface area contributed by atoms with Crippen LogP contribution in [0.5, 0.6) is 11.5 Å². The highest BCUT2D eigenvalue weighted by Gasteiger charge is 2.24. The Morgan fingerprint density at radius 2 is 1.55 bits per heavy atom. The molecule has 0 atom stereocenters. The third-order valence-corrected chi connectivity index (χ3v) is 5.66. The summed E-state index contributed by atoms with van der Waals surface area (Å²) in [6.45, 7) is 6.49. The average molecular weight is 425 g/mol. The van der Waals surface area contributed by atoms with Crippen LogP contribution in [-0.4, -0.2) is 61.5 Å². The maximum absolute atomic E-state index is 12.5. The van der Waals surface area contributed by atoms with Gasteiger partial charge in [0.15, 0.2) is 6.61 Å². The summed E-state index contributed by atoms with van der Waals surface area (Å²) in [7, 11) is 1.64. The second-order valence-electron chi connectivity index (χ2n) is 8.13. The summed E-state index contributed by atoms with van der Waals surface area (Å²) >= 11 is 0. The molecule has 2 aromatic rings. The molecule has 1 saturated heterocycles. The Balaban J connectivity index is 1.40. The lowest BCUT2D eigenvalue weighted by Crippen LogP contribution is -2.51. The molecule has 0 aromatic heterocycles. The fourth-order valence-electron chi connectivity index (χ4n) is 3.61. The molecule has 1 aliphatic heterocycles. The minimum absolute atomic E-state index is 0.0208. The van der Waals surface area contributed by atoms with Crippen molar-refractivity contribution in [3.8, 4) is 11.5 Å². The van der Waals surface area contributed by atoms with Crippen LogP contribution in [0.2, 0.25) is 0 Å². The molecular formula is C25H32N2O4. The number of hydrogen-bond donors (Lipinski definition) is 0. The summed E-state index contributed by atoms with van der Waals surface area (Å²) in [5, 5.41) is 0. The van der Waals surface area contributed by atoms with Crippen molar-refractivity contribution in [1.29, 1.82) is 0 Å². The van der Waals surface area contributed by atoms with E-state index in [1.54, 1.807) is 12.0 Å². The summed E-state index contributed by atoms with van der Waals surface area (Å²) in [4.78, 5) is 28.7. The van der Waals surface area contributed by atoms with E-state index < -0.39 is 0 Å². The van der Waals surface area contributed by atoms with Gasteiger partial charge in [-0.2, -0.15) is 0 Å². The monoisotopic (exact) mass is 424 g/mol. The molecule has 0 aliphatic carbocycles. The van der Waals surface area contributed by atoms with Crippen LogP contribution in [0, 0.1) is 0 Å². The van der Waals surface area contributed by atoms with Crippen LogP contribution in [0.1, 0.15) is 37.3 Å². The molecule has 3 rings (SSSR count). The molecular weight excluding hydrogens is 392 g/mol. The Morgan fingerprint density at radius 1 is 0.903 bits per heavy atom. The summed E-state index contributed by atoms with van der Waals surface area (Å²) < 4.78 is 10.9. The van der Waals surface area contributed by atoms with Gasteiger partial charge in [-0.25, -0.2) is 0 Å². The number of carbonyl (C=O) groups is 2. The quantitative estimate of drug-likeness (QED) is 0.651. The van der Waals surface area contributed by atoms with Gasteiger partial charge in [0.25, 0.3) is 5.91 Å². The lowest BCUT2D eigenvalue weighted by Gasteiger charge is -2.34. The van der Waals surface area contributed by atoms with Crippen molar-refractivity contribution in [2.75, 3.05) is 39.9 Å². The van der Waals surface area contributed by atoms with Gasteiger partial charge >= 0.3 is 0 Å². The molecule has 1 aliphatic rings. The molecule has 2 aromatic carbocycles. The standard InChI is InChI=1S/C25H32N2O4/c1-19(2)21-5-4-6-23(17-21)31-18-25(29)27-15-13-26(14-16-27)24(28)12-9-20-7-10-22(30-3)11-8-20/h4-8,10-11,17,19H,9,12-16,18H2,1-3H3. The lowest BCUT2D eigenvalue weighted by atomic mass is 10.0. The molecule has 0 spiro atoms. The number of aryl methyl sites for hydroxylation is 1. The molecule has 2 amide bonds. The number of hydrogen-bond acceptors (Lipinski definition) is 4. The number of nitrogens with zero attached hydrogens (tertiary/aromatic N) is 2. The SMILES string of the molecule is COc1ccc(CCC(=O)N2CCN(C(=O)COc3cccc(C(C)C)c3)CC2)cc1. The molecule has 0 bridgehead atoms. The van der Waals surface area contributed by atoms with E-state index in [0.717, 1.165) is 11.3 Å². The van der Waals surface area contributed by atoms with E-state index in [4.69, 9.17) is 9.47 Å². The van der Waals surface area contributed by atoms with Crippen LogP contribution in [0.4, 0.5) is 0 Å². The second kappa shape index (κ2) is 10.8. The van der Waals surface area contributed by atoms with Crippen molar-refractivity contribution in [2.24, 2.45) is 0 Å². The van der Waals surface area contributed by atoms with Gasteiger partial charge in [0.2, 0.25) is 5.91 Å². The molecule has 0 N–H and O–H groups in total. The van der Waals surface area contributed by atoms with Crippen molar-refractivity contribution in [3.63, 3.8) is 0 Å². The fraction of sp³-hybridized carbons (Fsp3) is 0.440. The molecule has 0 saturated carbocycles. The largest absolute Gasteiger partial charge is 0.497 e. The zero-order valence-electron chi connectivity index (χ0n) is 18.7. The van der Waals surface area contributed by atoms with Crippen molar-refractivity contribution in [3.05, 3.63) is 59.7 Å². The maximum atomic E-state index is 12.5. The normalized spacial score (nSPS) is 13.9. The van der Waals surface area contributed by atoms with Crippen molar-refractivity contribution in [1.82, 2.24) is 9.80 Å². The Hall–Kier alpha value is -3.02. The predicted molar refractivity (Wildman–Crippen MR) is 121 cm³/mol. The van der Waals surface area contributed by atoms with E-state index in [0.29, 0.717) is 50.7 Å². The first-order valence-corrected chi connectivity index (χ1v) is 10.9. The topological polar surface area (TPSA) is 59.1 Å². The van der Waals surface area contributed by atoms with Gasteiger partial charge in [-0.3, -0.25) is 9.59 Å². The predicted octanol–water partition coefficient (Wildman–Crippen LogP) is 3.50. The van der Waals surface area contributed by atoms with Crippen LogP contribution < -0.4 is 9.47 Å². The zero-order valence-corrected chi connectivity index (χ0v) is 18.7. The Labute approximate surface area is 184 Å². The van der Waals surface area contributed by atoms with Gasteiger partial charge < -0.3 is 19.3 Å². The minimum atomic E-state index is -0.0414. The Bertz CT molecular complexity index is 871. The van der Waals surface area contributed by atoms with Gasteiger partial charge in [0.1, 0.15) is 11.5 Å². The second-order valence-corrected chi connectivity index (χ2v) is 8.13. The molecule has 6 nitrogen and oxygen atoms in total. The average Bonchev–Trinajstić information content (AvgIpc) is 2.81. The van der Waals surface area contributed by atoms with Crippen molar-refractivity contribution in [2.45, 2.75) is 32.6 Å². The fourth-order valence-corrected chi connectivity index (χ4v) is 3.61. The first kappa shape index (κ1) is 22.7. The zero-order chi connectivity index (χ0) is 22.2. The van der Waals surface area contributed by atoms with E-state index in [-0.39, 0.29) is 18.4 Å². The molecule has 0 unspecified atom stereocenters. The first-order chi connectivity index (χ1) is 15.0. The number of benzene rings is 2. The summed E-state index contributed by atoms with van der Waals surface area (Å²) in [5.74, 6) is 2.03. The maximum Gasteiger partial charge on any atom is 0.260 e. The highest BCUT2D eigenvalue weighted by atomic mass is 16.5. The minimum Gasteiger partial charge on any atom is -0.497 e. The smallest absolute Gasteiger partial charge is 0.260 e. The number of methoxy groups -OCH3 is 1. The van der Waals surface area contributed by atoms with Crippen molar-refractivity contribution >= 4 is 11.8 Å². The van der Waals surface area contributed by atoms with Crippen LogP contribution in [0.15, 0.2) is 48.5 Å². The first-order valence-electron chi connectivity index (χ1n) is 10.9. The summed E-state index contributed by atoms with van der Waals surface area (Å²) in [6, 6.07) is 15.7. The third kappa shape index (κ3) is 6.48. The van der Waals surface area contributed by atoms with Gasteiger partial charge in [0, 0.05) is 32.6 Å². The van der Waals surface area contributed by atoms with Crippen LogP contribution in [0.25, 0.3) is 0 Å². The number of amides is 2. The highest BCUT2D eigenvalue weighted by Crippen LogP contribution is 2.20. The molecule has 166 valence electrons. The Kier molecular flexibility index (Phi) is 7.93. The Morgan fingerprint density at radius 3 is 2.16 bits per heavy atom. The number of rotatable bonds is 8. The van der Waals surface area contributed by atoms with E-state index >= 15 is 0 Å². The summed E-state index contributed by atoms with van der Waals surface area (Å²) in [6.07, 6.45) is 1.17. The van der Waals surface area contributed by atoms with Crippen LogP contribution >= 0.6 is 0 Å². The molecule has 1 fully saturated rings. The lowest BCUT2D eigenvalue weighted by molar-refractivity contribution is -0.140. The third-order valence-electron chi connectivity index (χ3n) is 5.66. The van der Waals surface area contributed by atoms with Gasteiger partial charge in [-0.05, 0) is 47.7 Å². The number of piperazine rings is 1. The number of ether oxygens (including phenoxy) is 2. The van der Waals surface area contributed by atoms with E-state index in [9.17, 15) is 9.59 Å². The van der Waals surface area contributed by atoms with E-state index in [2.05, 4.69) is 19.9 Å². The van der Waals surface area contributed by atoms with Crippen LogP contribution in [-0.2, 0) is 16.0 Å². The molecule has 0 radical (unpaired) electrons. The van der Waals surface area contributed by atoms with Crippen LogP contribution in [0.3, 0.4) is 0 Å². The van der Waals surface area contributed by atoms with E-state index in [1.807, 2.05) is 47.4 Å². The van der Waals surface area contributed by atoms with Crippen molar-refractivity contribution < 1.29 is 19.1 Å². The highest BCUT2D eigenvalue weighted by molar-refractivity contribution is 5.79. The van der Waals surface area contributed by atoms with Gasteiger partial charge in [-0.1, -0.05) is 38.1 Å². The molecule has 6 heteroatoms. The molecule has 1 heterocycles. The van der Waals surface area contributed by atoms with Gasteiger partial charge in [0.05, 0.1) is 7.11 Å².